The fourth-order valence-electron chi connectivity index (χ4n) is 3.17. The van der Waals surface area contributed by atoms with E-state index in [0.29, 0.717) is 18.2 Å². The van der Waals surface area contributed by atoms with Crippen molar-refractivity contribution in [1.29, 1.82) is 0 Å². The third kappa shape index (κ3) is 4.38. The highest BCUT2D eigenvalue weighted by molar-refractivity contribution is 5.92. The molecule has 1 aromatic heterocycles. The molecular formula is C20H27N5O. The highest BCUT2D eigenvalue weighted by Crippen LogP contribution is 2.13. The Morgan fingerprint density at radius 1 is 1.12 bits per heavy atom. The van der Waals surface area contributed by atoms with Crippen LogP contribution in [-0.4, -0.2) is 58.4 Å². The van der Waals surface area contributed by atoms with E-state index in [2.05, 4.69) is 46.2 Å². The molecule has 0 atom stereocenters. The number of nitrogens with one attached hydrogen (secondary N) is 1. The smallest absolute Gasteiger partial charge is 0.272 e. The summed E-state index contributed by atoms with van der Waals surface area (Å²) in [6.07, 6.45) is 0. The molecule has 1 amide bonds. The van der Waals surface area contributed by atoms with Gasteiger partial charge in [-0.15, -0.1) is 0 Å². The van der Waals surface area contributed by atoms with Crippen molar-refractivity contribution in [3.8, 4) is 0 Å². The number of nitrogens with zero attached hydrogens (tertiary/aromatic N) is 4. The number of carbonyl (C=O) groups excluding carboxylic acids is 1. The van der Waals surface area contributed by atoms with Gasteiger partial charge in [-0.1, -0.05) is 31.2 Å². The van der Waals surface area contributed by atoms with E-state index in [1.807, 2.05) is 24.0 Å². The van der Waals surface area contributed by atoms with Crippen molar-refractivity contribution in [1.82, 2.24) is 19.8 Å². The van der Waals surface area contributed by atoms with Gasteiger partial charge in [0.1, 0.15) is 5.69 Å². The van der Waals surface area contributed by atoms with Crippen LogP contribution in [0, 0.1) is 13.8 Å². The predicted molar refractivity (Wildman–Crippen MR) is 103 cm³/mol. The molecule has 0 bridgehead atoms. The number of piperazine rings is 1. The highest BCUT2D eigenvalue weighted by Gasteiger charge is 2.23. The number of aryl methyl sites for hydroxylation is 2. The molecule has 1 fully saturated rings. The summed E-state index contributed by atoms with van der Waals surface area (Å²) in [5.74, 6) is 0.494. The van der Waals surface area contributed by atoms with Crippen molar-refractivity contribution in [3.05, 3.63) is 52.8 Å². The summed E-state index contributed by atoms with van der Waals surface area (Å²) in [4.78, 5) is 26.0. The van der Waals surface area contributed by atoms with Crippen molar-refractivity contribution in [2.45, 2.75) is 27.3 Å². The molecule has 1 saturated heterocycles. The summed E-state index contributed by atoms with van der Waals surface area (Å²) in [7, 11) is 0. The molecule has 6 nitrogen and oxygen atoms in total. The molecule has 0 unspecified atom stereocenters. The van der Waals surface area contributed by atoms with Gasteiger partial charge in [-0.2, -0.15) is 0 Å². The van der Waals surface area contributed by atoms with E-state index >= 15 is 0 Å². The Morgan fingerprint density at radius 2 is 1.85 bits per heavy atom. The molecule has 138 valence electrons. The molecule has 2 aromatic rings. The first kappa shape index (κ1) is 18.3. The van der Waals surface area contributed by atoms with Crippen LogP contribution in [0.2, 0.25) is 0 Å². The van der Waals surface area contributed by atoms with Gasteiger partial charge in [0, 0.05) is 38.4 Å². The maximum atomic E-state index is 12.8. The van der Waals surface area contributed by atoms with Gasteiger partial charge in [0.25, 0.3) is 5.91 Å². The molecule has 1 N–H and O–H groups in total. The molecule has 26 heavy (non-hydrogen) atoms. The number of benzene rings is 1. The third-order valence-electron chi connectivity index (χ3n) is 4.88. The monoisotopic (exact) mass is 353 g/mol. The Bertz CT molecular complexity index is 769. The Balaban J connectivity index is 1.69. The van der Waals surface area contributed by atoms with Crippen LogP contribution < -0.4 is 5.32 Å². The standard InChI is InChI=1S/C20H27N5O/c1-4-24-9-11-25(12-10-24)19(26)18-13-16(3)22-20(23-18)21-14-17-8-6-5-7-15(17)2/h5-8,13H,4,9-12,14H2,1-3H3,(H,21,22,23). The first-order valence-corrected chi connectivity index (χ1v) is 9.22. The number of amides is 1. The lowest BCUT2D eigenvalue weighted by Crippen LogP contribution is -2.48. The number of hydrogen-bond donors (Lipinski definition) is 1. The Morgan fingerprint density at radius 3 is 2.54 bits per heavy atom. The van der Waals surface area contributed by atoms with Gasteiger partial charge in [-0.05, 0) is 37.6 Å². The van der Waals surface area contributed by atoms with Gasteiger partial charge >= 0.3 is 0 Å². The Labute approximate surface area is 155 Å². The molecule has 0 aliphatic carbocycles. The lowest BCUT2D eigenvalue weighted by atomic mass is 10.1. The highest BCUT2D eigenvalue weighted by atomic mass is 16.2. The van der Waals surface area contributed by atoms with Crippen LogP contribution in [0.1, 0.15) is 34.2 Å². The number of aromatic nitrogens is 2. The van der Waals surface area contributed by atoms with Gasteiger partial charge in [0.05, 0.1) is 0 Å². The minimum Gasteiger partial charge on any atom is -0.350 e. The number of anilines is 1. The first-order chi connectivity index (χ1) is 12.6. The maximum Gasteiger partial charge on any atom is 0.272 e. The van der Waals surface area contributed by atoms with Crippen LogP contribution in [0.4, 0.5) is 5.95 Å². The van der Waals surface area contributed by atoms with Gasteiger partial charge in [0.2, 0.25) is 5.95 Å². The number of likely N-dealkylation sites (N-methyl/N-ethyl adjacent to an activating group) is 1. The van der Waals surface area contributed by atoms with E-state index in [0.717, 1.165) is 38.4 Å². The van der Waals surface area contributed by atoms with Crippen molar-refractivity contribution >= 4 is 11.9 Å². The van der Waals surface area contributed by atoms with E-state index in [1.165, 1.54) is 11.1 Å². The number of carbonyl (C=O) groups is 1. The molecule has 0 radical (unpaired) electrons. The van der Waals surface area contributed by atoms with E-state index in [4.69, 9.17) is 0 Å². The van der Waals surface area contributed by atoms with Crippen LogP contribution in [0.25, 0.3) is 0 Å². The second-order valence-electron chi connectivity index (χ2n) is 6.72. The molecule has 0 spiro atoms. The normalized spacial score (nSPS) is 15.1. The minimum absolute atomic E-state index is 0.00908. The predicted octanol–water partition coefficient (Wildman–Crippen LogP) is 2.48. The van der Waals surface area contributed by atoms with Gasteiger partial charge in [0.15, 0.2) is 0 Å². The summed E-state index contributed by atoms with van der Waals surface area (Å²) in [6, 6.07) is 9.98. The van der Waals surface area contributed by atoms with E-state index in [-0.39, 0.29) is 5.91 Å². The molecule has 1 aromatic carbocycles. The fraction of sp³-hybridized carbons (Fsp3) is 0.450. The summed E-state index contributed by atoms with van der Waals surface area (Å²) in [5.41, 5.74) is 3.68. The number of rotatable bonds is 5. The zero-order chi connectivity index (χ0) is 18.5. The zero-order valence-corrected chi connectivity index (χ0v) is 15.8. The van der Waals surface area contributed by atoms with Gasteiger partial charge in [-0.3, -0.25) is 4.79 Å². The third-order valence-corrected chi connectivity index (χ3v) is 4.88. The average molecular weight is 353 g/mol. The average Bonchev–Trinajstić information content (AvgIpc) is 2.66. The molecule has 1 aliphatic rings. The van der Waals surface area contributed by atoms with E-state index in [1.54, 1.807) is 6.07 Å². The quantitative estimate of drug-likeness (QED) is 0.895. The van der Waals surface area contributed by atoms with Crippen LogP contribution in [0.3, 0.4) is 0 Å². The van der Waals surface area contributed by atoms with Gasteiger partial charge < -0.3 is 15.1 Å². The van der Waals surface area contributed by atoms with E-state index < -0.39 is 0 Å². The van der Waals surface area contributed by atoms with Crippen LogP contribution >= 0.6 is 0 Å². The maximum absolute atomic E-state index is 12.8. The summed E-state index contributed by atoms with van der Waals surface area (Å²) in [6.45, 7) is 11.1. The Hall–Kier alpha value is -2.47. The summed E-state index contributed by atoms with van der Waals surface area (Å²) < 4.78 is 0. The minimum atomic E-state index is -0.00908. The van der Waals surface area contributed by atoms with Crippen molar-refractivity contribution in [2.24, 2.45) is 0 Å². The lowest BCUT2D eigenvalue weighted by Gasteiger charge is -2.33. The van der Waals surface area contributed by atoms with Crippen LogP contribution in [0.5, 0.6) is 0 Å². The Kier molecular flexibility index (Phi) is 5.83. The largest absolute Gasteiger partial charge is 0.350 e. The van der Waals surface area contributed by atoms with Crippen molar-refractivity contribution in [3.63, 3.8) is 0 Å². The van der Waals surface area contributed by atoms with Crippen molar-refractivity contribution < 1.29 is 4.79 Å². The van der Waals surface area contributed by atoms with Crippen LogP contribution in [0.15, 0.2) is 30.3 Å². The molecule has 1 aliphatic heterocycles. The summed E-state index contributed by atoms with van der Waals surface area (Å²) in [5, 5.41) is 3.26. The first-order valence-electron chi connectivity index (χ1n) is 9.22. The molecular weight excluding hydrogens is 326 g/mol. The second kappa shape index (κ2) is 8.27. The second-order valence-corrected chi connectivity index (χ2v) is 6.72. The van der Waals surface area contributed by atoms with Crippen LogP contribution in [-0.2, 0) is 6.54 Å². The zero-order valence-electron chi connectivity index (χ0n) is 15.8. The molecule has 2 heterocycles. The summed E-state index contributed by atoms with van der Waals surface area (Å²) >= 11 is 0. The van der Waals surface area contributed by atoms with Crippen molar-refractivity contribution in [2.75, 3.05) is 38.0 Å². The molecule has 6 heteroatoms. The number of hydrogen-bond acceptors (Lipinski definition) is 5. The molecule has 3 rings (SSSR count). The molecule has 0 saturated carbocycles. The SMILES string of the molecule is CCN1CCN(C(=O)c2cc(C)nc(NCc3ccccc3C)n2)CC1. The topological polar surface area (TPSA) is 61.4 Å². The van der Waals surface area contributed by atoms with Gasteiger partial charge in [-0.25, -0.2) is 9.97 Å². The fourth-order valence-corrected chi connectivity index (χ4v) is 3.17. The lowest BCUT2D eigenvalue weighted by molar-refractivity contribution is 0.0637. The van der Waals surface area contributed by atoms with E-state index in [9.17, 15) is 4.79 Å².